The minimum atomic E-state index is 0.691. The Kier molecular flexibility index (Phi) is 2.16. The molecule has 0 aliphatic heterocycles. The van der Waals surface area contributed by atoms with Crippen molar-refractivity contribution in [1.29, 1.82) is 0 Å². The second-order valence-corrected chi connectivity index (χ2v) is 5.16. The van der Waals surface area contributed by atoms with Gasteiger partial charge in [-0.25, -0.2) is 4.98 Å². The van der Waals surface area contributed by atoms with Crippen LogP contribution < -0.4 is 0 Å². The zero-order chi connectivity index (χ0) is 11.9. The molecular weight excluding hydrogens is 222 g/mol. The Labute approximate surface area is 106 Å². The predicted molar refractivity (Wildman–Crippen MR) is 72.7 cm³/mol. The molecule has 0 unspecified atom stereocenters. The highest BCUT2D eigenvalue weighted by Gasteiger charge is 2.21. The van der Waals surface area contributed by atoms with Crippen LogP contribution in [0.3, 0.4) is 0 Å². The molecule has 90 valence electrons. The second kappa shape index (κ2) is 3.84. The maximum Gasteiger partial charge on any atom is 0.227 e. The number of pyridine rings is 1. The van der Waals surface area contributed by atoms with Gasteiger partial charge in [0.1, 0.15) is 5.58 Å². The maximum atomic E-state index is 5.84. The summed E-state index contributed by atoms with van der Waals surface area (Å²) in [7, 11) is 0. The van der Waals surface area contributed by atoms with Crippen LogP contribution in [-0.2, 0) is 0 Å². The van der Waals surface area contributed by atoms with E-state index >= 15 is 0 Å². The first-order valence-electron chi connectivity index (χ1n) is 6.69. The number of fused-ring (bicyclic) bond motifs is 3. The molecule has 4 rings (SSSR count). The van der Waals surface area contributed by atoms with Gasteiger partial charge >= 0.3 is 0 Å². The fraction of sp³-hybridized carbons (Fsp3) is 0.312. The van der Waals surface area contributed by atoms with E-state index < -0.39 is 0 Å². The van der Waals surface area contributed by atoms with Gasteiger partial charge in [-0.1, -0.05) is 31.0 Å². The third kappa shape index (κ3) is 1.38. The quantitative estimate of drug-likeness (QED) is 0.616. The van der Waals surface area contributed by atoms with Crippen LogP contribution in [-0.4, -0.2) is 4.98 Å². The lowest BCUT2D eigenvalue weighted by Crippen LogP contribution is -1.93. The minimum absolute atomic E-state index is 0.691. The summed E-state index contributed by atoms with van der Waals surface area (Å²) in [6.07, 6.45) is 7.20. The molecule has 0 saturated heterocycles. The summed E-state index contributed by atoms with van der Waals surface area (Å²) in [6, 6.07) is 10.4. The van der Waals surface area contributed by atoms with Crippen molar-refractivity contribution in [2.24, 2.45) is 0 Å². The molecule has 0 atom stereocenters. The van der Waals surface area contributed by atoms with Gasteiger partial charge in [-0.3, -0.25) is 0 Å². The van der Waals surface area contributed by atoms with Crippen LogP contribution in [0.2, 0.25) is 0 Å². The molecule has 0 spiro atoms. The van der Waals surface area contributed by atoms with Crippen molar-refractivity contribution in [3.05, 3.63) is 42.1 Å². The lowest BCUT2D eigenvalue weighted by molar-refractivity contribution is 0.652. The third-order valence-corrected chi connectivity index (χ3v) is 4.11. The largest absolute Gasteiger partial charge is 0.438 e. The van der Waals surface area contributed by atoms with Gasteiger partial charge in [-0.05, 0) is 36.5 Å². The fourth-order valence-corrected chi connectivity index (χ4v) is 3.25. The van der Waals surface area contributed by atoms with Crippen molar-refractivity contribution in [2.45, 2.75) is 31.6 Å². The second-order valence-electron chi connectivity index (χ2n) is 5.16. The van der Waals surface area contributed by atoms with Gasteiger partial charge < -0.3 is 4.42 Å². The molecule has 0 amide bonds. The first-order valence-corrected chi connectivity index (χ1v) is 6.69. The van der Waals surface area contributed by atoms with E-state index in [1.807, 2.05) is 18.3 Å². The van der Waals surface area contributed by atoms with Crippen LogP contribution in [0.25, 0.3) is 22.1 Å². The van der Waals surface area contributed by atoms with E-state index in [9.17, 15) is 0 Å². The molecule has 1 fully saturated rings. The summed E-state index contributed by atoms with van der Waals surface area (Å²) in [5.41, 5.74) is 3.17. The van der Waals surface area contributed by atoms with Gasteiger partial charge in [0.05, 0.1) is 5.39 Å². The van der Waals surface area contributed by atoms with Crippen LogP contribution in [0.4, 0.5) is 0 Å². The monoisotopic (exact) mass is 237 g/mol. The molecule has 18 heavy (non-hydrogen) atoms. The number of para-hydroxylation sites is 1. The molecule has 2 aromatic heterocycles. The SMILES string of the molecule is c1ccc2c(c1)oc1nccc(C3CCCC3)c12. The molecule has 0 radical (unpaired) electrons. The summed E-state index contributed by atoms with van der Waals surface area (Å²) in [6.45, 7) is 0. The number of furan rings is 1. The Morgan fingerprint density at radius 1 is 1.06 bits per heavy atom. The van der Waals surface area contributed by atoms with Crippen LogP contribution in [0, 0.1) is 0 Å². The average molecular weight is 237 g/mol. The van der Waals surface area contributed by atoms with Gasteiger partial charge in [-0.15, -0.1) is 0 Å². The normalized spacial score (nSPS) is 16.9. The van der Waals surface area contributed by atoms with Crippen molar-refractivity contribution >= 4 is 22.1 Å². The first kappa shape index (κ1) is 10.1. The van der Waals surface area contributed by atoms with Gasteiger partial charge in [0, 0.05) is 11.6 Å². The van der Waals surface area contributed by atoms with E-state index in [1.54, 1.807) is 0 Å². The van der Waals surface area contributed by atoms with Crippen molar-refractivity contribution < 1.29 is 4.42 Å². The number of aromatic nitrogens is 1. The zero-order valence-corrected chi connectivity index (χ0v) is 10.2. The molecule has 2 nitrogen and oxygen atoms in total. The molecule has 1 aliphatic rings. The summed E-state index contributed by atoms with van der Waals surface area (Å²) < 4.78 is 5.84. The number of benzene rings is 1. The van der Waals surface area contributed by atoms with E-state index in [0.29, 0.717) is 5.92 Å². The minimum Gasteiger partial charge on any atom is -0.438 e. The van der Waals surface area contributed by atoms with Crippen molar-refractivity contribution in [2.75, 3.05) is 0 Å². The Morgan fingerprint density at radius 3 is 2.78 bits per heavy atom. The van der Waals surface area contributed by atoms with E-state index in [4.69, 9.17) is 4.42 Å². The molecule has 0 bridgehead atoms. The Hall–Kier alpha value is -1.83. The summed E-state index contributed by atoms with van der Waals surface area (Å²) in [4.78, 5) is 4.38. The molecule has 1 aromatic carbocycles. The van der Waals surface area contributed by atoms with Gasteiger partial charge in [-0.2, -0.15) is 0 Å². The summed E-state index contributed by atoms with van der Waals surface area (Å²) in [5, 5.41) is 2.45. The highest BCUT2D eigenvalue weighted by atomic mass is 16.3. The molecule has 1 saturated carbocycles. The van der Waals surface area contributed by atoms with E-state index in [2.05, 4.69) is 23.2 Å². The standard InChI is InChI=1S/C16H15NO/c1-2-6-11(5-1)12-9-10-17-16-15(12)13-7-3-4-8-14(13)18-16/h3-4,7-11H,1-2,5-6H2. The van der Waals surface area contributed by atoms with E-state index in [1.165, 1.54) is 42.0 Å². The van der Waals surface area contributed by atoms with E-state index in [0.717, 1.165) is 11.3 Å². The van der Waals surface area contributed by atoms with Crippen LogP contribution in [0.15, 0.2) is 40.9 Å². The zero-order valence-electron chi connectivity index (χ0n) is 10.2. The highest BCUT2D eigenvalue weighted by molar-refractivity contribution is 6.05. The molecule has 3 aromatic rings. The van der Waals surface area contributed by atoms with E-state index in [-0.39, 0.29) is 0 Å². The lowest BCUT2D eigenvalue weighted by atomic mass is 9.95. The Bertz CT molecular complexity index is 707. The van der Waals surface area contributed by atoms with Gasteiger partial charge in [0.2, 0.25) is 5.71 Å². The topological polar surface area (TPSA) is 26.0 Å². The van der Waals surface area contributed by atoms with Crippen LogP contribution in [0.1, 0.15) is 37.2 Å². The third-order valence-electron chi connectivity index (χ3n) is 4.11. The summed E-state index contributed by atoms with van der Waals surface area (Å²) in [5.74, 6) is 0.691. The number of rotatable bonds is 1. The van der Waals surface area contributed by atoms with Crippen molar-refractivity contribution in [3.63, 3.8) is 0 Å². The molecular formula is C16H15NO. The van der Waals surface area contributed by atoms with Crippen LogP contribution in [0.5, 0.6) is 0 Å². The number of hydrogen-bond donors (Lipinski definition) is 0. The molecule has 1 aliphatic carbocycles. The van der Waals surface area contributed by atoms with Crippen molar-refractivity contribution in [3.8, 4) is 0 Å². The first-order chi connectivity index (χ1) is 8.93. The Balaban J connectivity index is 2.06. The Morgan fingerprint density at radius 2 is 1.89 bits per heavy atom. The molecule has 0 N–H and O–H groups in total. The van der Waals surface area contributed by atoms with Crippen LogP contribution >= 0.6 is 0 Å². The van der Waals surface area contributed by atoms with Crippen molar-refractivity contribution in [1.82, 2.24) is 4.98 Å². The average Bonchev–Trinajstić information content (AvgIpc) is 3.05. The smallest absolute Gasteiger partial charge is 0.227 e. The number of nitrogens with zero attached hydrogens (tertiary/aromatic N) is 1. The molecule has 2 heterocycles. The maximum absolute atomic E-state index is 5.84. The highest BCUT2D eigenvalue weighted by Crippen LogP contribution is 2.40. The molecule has 2 heteroatoms. The van der Waals surface area contributed by atoms with Gasteiger partial charge in [0.25, 0.3) is 0 Å². The van der Waals surface area contributed by atoms with Gasteiger partial charge in [0.15, 0.2) is 0 Å². The summed E-state index contributed by atoms with van der Waals surface area (Å²) >= 11 is 0. The fourth-order valence-electron chi connectivity index (χ4n) is 3.25. The lowest BCUT2D eigenvalue weighted by Gasteiger charge is -2.09. The number of hydrogen-bond acceptors (Lipinski definition) is 2. The predicted octanol–water partition coefficient (Wildman–Crippen LogP) is 4.64.